The number of carbonyl (C=O) groups excluding carboxylic acids is 1. The van der Waals surface area contributed by atoms with Crippen molar-refractivity contribution in [1.82, 2.24) is 10.6 Å². The molecule has 4 atom stereocenters. The maximum absolute atomic E-state index is 13.1. The minimum absolute atomic E-state index is 0.0190. The lowest BCUT2D eigenvalue weighted by atomic mass is 9.85. The fraction of sp³-hybridized carbons (Fsp3) is 0.588. The van der Waals surface area contributed by atoms with E-state index in [2.05, 4.69) is 10.6 Å². The van der Waals surface area contributed by atoms with Crippen LogP contribution < -0.4 is 10.6 Å². The van der Waals surface area contributed by atoms with Crippen LogP contribution in [0.2, 0.25) is 0 Å². The number of halogens is 3. The SMILES string of the molecule is O=C(NCCc1cc(F)c(F)c(F)c1)NC1C2CCC(C2)C1CO. The lowest BCUT2D eigenvalue weighted by Crippen LogP contribution is -2.49. The normalized spacial score (nSPS) is 28.2. The molecule has 7 heteroatoms. The number of urea groups is 1. The first kappa shape index (κ1) is 17.1. The molecule has 2 aliphatic rings. The minimum Gasteiger partial charge on any atom is -0.396 e. The monoisotopic (exact) mass is 342 g/mol. The second-order valence-electron chi connectivity index (χ2n) is 6.73. The number of carbonyl (C=O) groups is 1. The Morgan fingerprint density at radius 3 is 2.50 bits per heavy atom. The van der Waals surface area contributed by atoms with Gasteiger partial charge in [-0.2, -0.15) is 0 Å². The van der Waals surface area contributed by atoms with E-state index in [1.807, 2.05) is 0 Å². The molecule has 2 saturated carbocycles. The zero-order valence-corrected chi connectivity index (χ0v) is 13.2. The molecule has 0 spiro atoms. The third-order valence-electron chi connectivity index (χ3n) is 5.34. The average Bonchev–Trinajstić information content (AvgIpc) is 3.13. The third-order valence-corrected chi connectivity index (χ3v) is 5.34. The maximum Gasteiger partial charge on any atom is 0.315 e. The molecule has 1 aromatic rings. The molecule has 4 nitrogen and oxygen atoms in total. The number of rotatable bonds is 5. The second kappa shape index (κ2) is 7.01. The van der Waals surface area contributed by atoms with Crippen molar-refractivity contribution in [2.75, 3.05) is 13.2 Å². The number of hydrogen-bond acceptors (Lipinski definition) is 2. The number of aliphatic hydroxyl groups excluding tert-OH is 1. The zero-order valence-electron chi connectivity index (χ0n) is 13.2. The van der Waals surface area contributed by atoms with Crippen molar-refractivity contribution >= 4 is 6.03 Å². The number of amides is 2. The van der Waals surface area contributed by atoms with E-state index in [-0.39, 0.29) is 43.1 Å². The van der Waals surface area contributed by atoms with E-state index in [1.54, 1.807) is 0 Å². The predicted molar refractivity (Wildman–Crippen MR) is 81.7 cm³/mol. The first-order valence-electron chi connectivity index (χ1n) is 8.28. The van der Waals surface area contributed by atoms with Gasteiger partial charge in [-0.1, -0.05) is 0 Å². The molecule has 1 aromatic carbocycles. The van der Waals surface area contributed by atoms with Gasteiger partial charge >= 0.3 is 6.03 Å². The van der Waals surface area contributed by atoms with Crippen LogP contribution in [0.3, 0.4) is 0 Å². The average molecular weight is 342 g/mol. The molecule has 2 amide bonds. The van der Waals surface area contributed by atoms with Crippen molar-refractivity contribution in [3.8, 4) is 0 Å². The van der Waals surface area contributed by atoms with Crippen molar-refractivity contribution in [2.45, 2.75) is 31.7 Å². The van der Waals surface area contributed by atoms with E-state index in [1.165, 1.54) is 0 Å². The number of nitrogens with one attached hydrogen (secondary N) is 2. The van der Waals surface area contributed by atoms with Gasteiger partial charge in [-0.15, -0.1) is 0 Å². The molecule has 4 unspecified atom stereocenters. The summed E-state index contributed by atoms with van der Waals surface area (Å²) in [5.41, 5.74) is 0.278. The van der Waals surface area contributed by atoms with Gasteiger partial charge in [0.05, 0.1) is 0 Å². The van der Waals surface area contributed by atoms with Gasteiger partial charge in [-0.3, -0.25) is 0 Å². The fourth-order valence-electron chi connectivity index (χ4n) is 4.17. The number of fused-ring (bicyclic) bond motifs is 2. The first-order valence-corrected chi connectivity index (χ1v) is 8.28. The molecule has 2 bridgehead atoms. The Morgan fingerprint density at radius 2 is 1.83 bits per heavy atom. The van der Waals surface area contributed by atoms with Gasteiger partial charge in [0.1, 0.15) is 0 Å². The van der Waals surface area contributed by atoms with Crippen LogP contribution in [0.25, 0.3) is 0 Å². The summed E-state index contributed by atoms with van der Waals surface area (Å²) in [5.74, 6) is -2.95. The molecular formula is C17H21F3N2O2. The van der Waals surface area contributed by atoms with Gasteiger partial charge in [0.25, 0.3) is 0 Å². The van der Waals surface area contributed by atoms with E-state index in [9.17, 15) is 23.1 Å². The van der Waals surface area contributed by atoms with Gasteiger partial charge in [-0.25, -0.2) is 18.0 Å². The van der Waals surface area contributed by atoms with Gasteiger partial charge in [0, 0.05) is 25.1 Å². The first-order chi connectivity index (χ1) is 11.5. The molecule has 0 radical (unpaired) electrons. The lowest BCUT2D eigenvalue weighted by Gasteiger charge is -2.30. The summed E-state index contributed by atoms with van der Waals surface area (Å²) in [6.07, 6.45) is 3.42. The molecule has 0 heterocycles. The van der Waals surface area contributed by atoms with Crippen molar-refractivity contribution in [2.24, 2.45) is 17.8 Å². The van der Waals surface area contributed by atoms with Crippen LogP contribution in [-0.4, -0.2) is 30.3 Å². The molecule has 0 aliphatic heterocycles. The highest BCUT2D eigenvalue weighted by molar-refractivity contribution is 5.74. The van der Waals surface area contributed by atoms with Gasteiger partial charge in [0.2, 0.25) is 0 Å². The Balaban J connectivity index is 1.48. The molecule has 0 aromatic heterocycles. The van der Waals surface area contributed by atoms with Gasteiger partial charge in [-0.05, 0) is 55.2 Å². The van der Waals surface area contributed by atoms with E-state index >= 15 is 0 Å². The quantitative estimate of drug-likeness (QED) is 0.720. The largest absolute Gasteiger partial charge is 0.396 e. The van der Waals surface area contributed by atoms with E-state index in [0.29, 0.717) is 11.8 Å². The molecule has 0 saturated heterocycles. The highest BCUT2D eigenvalue weighted by Gasteiger charge is 2.47. The predicted octanol–water partition coefficient (Wildman–Crippen LogP) is 2.35. The van der Waals surface area contributed by atoms with Crippen LogP contribution in [0.5, 0.6) is 0 Å². The molecular weight excluding hydrogens is 321 g/mol. The number of aliphatic hydroxyl groups is 1. The molecule has 24 heavy (non-hydrogen) atoms. The lowest BCUT2D eigenvalue weighted by molar-refractivity contribution is 0.144. The van der Waals surface area contributed by atoms with Crippen LogP contribution >= 0.6 is 0 Å². The fourth-order valence-corrected chi connectivity index (χ4v) is 4.17. The van der Waals surface area contributed by atoms with E-state index in [4.69, 9.17) is 0 Å². The zero-order chi connectivity index (χ0) is 17.3. The number of hydrogen-bond donors (Lipinski definition) is 3. The standard InChI is InChI=1S/C17H21F3N2O2/c18-13-5-9(6-14(19)15(13)20)3-4-21-17(24)22-16-11-2-1-10(7-11)12(16)8-23/h5-6,10-12,16,23H,1-4,7-8H2,(H2,21,22,24). The van der Waals surface area contributed by atoms with Crippen LogP contribution in [-0.2, 0) is 6.42 Å². The molecule has 3 N–H and O–H groups in total. The van der Waals surface area contributed by atoms with Crippen molar-refractivity contribution < 1.29 is 23.1 Å². The van der Waals surface area contributed by atoms with Gasteiger partial charge < -0.3 is 15.7 Å². The highest BCUT2D eigenvalue weighted by atomic mass is 19.2. The van der Waals surface area contributed by atoms with Crippen molar-refractivity contribution in [1.29, 1.82) is 0 Å². The Hall–Kier alpha value is -1.76. The molecule has 3 rings (SSSR count). The summed E-state index contributed by atoms with van der Waals surface area (Å²) < 4.78 is 39.1. The third kappa shape index (κ3) is 3.36. The Labute approximate surface area is 138 Å². The summed E-state index contributed by atoms with van der Waals surface area (Å²) in [4.78, 5) is 12.0. The highest BCUT2D eigenvalue weighted by Crippen LogP contribution is 2.48. The van der Waals surface area contributed by atoms with E-state index in [0.717, 1.165) is 31.4 Å². The second-order valence-corrected chi connectivity index (χ2v) is 6.73. The van der Waals surface area contributed by atoms with Crippen molar-refractivity contribution in [3.63, 3.8) is 0 Å². The Kier molecular flexibility index (Phi) is 4.99. The summed E-state index contributed by atoms with van der Waals surface area (Å²) in [5, 5.41) is 15.1. The van der Waals surface area contributed by atoms with Crippen LogP contribution in [0.1, 0.15) is 24.8 Å². The Morgan fingerprint density at radius 1 is 1.17 bits per heavy atom. The van der Waals surface area contributed by atoms with Gasteiger partial charge in [0.15, 0.2) is 17.5 Å². The van der Waals surface area contributed by atoms with Crippen LogP contribution in [0.15, 0.2) is 12.1 Å². The minimum atomic E-state index is -1.49. The summed E-state index contributed by atoms with van der Waals surface area (Å²) in [7, 11) is 0. The van der Waals surface area contributed by atoms with E-state index < -0.39 is 17.5 Å². The summed E-state index contributed by atoms with van der Waals surface area (Å²) >= 11 is 0. The summed E-state index contributed by atoms with van der Waals surface area (Å²) in [6.45, 7) is 0.251. The molecule has 2 aliphatic carbocycles. The molecule has 2 fully saturated rings. The summed E-state index contributed by atoms with van der Waals surface area (Å²) in [6, 6.07) is 1.48. The van der Waals surface area contributed by atoms with Crippen LogP contribution in [0, 0.1) is 35.2 Å². The maximum atomic E-state index is 13.1. The molecule has 132 valence electrons. The number of benzene rings is 1. The smallest absolute Gasteiger partial charge is 0.315 e. The van der Waals surface area contributed by atoms with Crippen molar-refractivity contribution in [3.05, 3.63) is 35.1 Å². The Bertz CT molecular complexity index is 603. The van der Waals surface area contributed by atoms with Crippen LogP contribution in [0.4, 0.5) is 18.0 Å². The topological polar surface area (TPSA) is 61.4 Å².